The number of amides is 1. The normalized spacial score (nSPS) is 19.4. The zero-order valence-electron chi connectivity index (χ0n) is 51.6. The molecule has 3 aromatic heterocycles. The number of imidazole rings is 1. The fourth-order valence-electron chi connectivity index (χ4n) is 10.3. The summed E-state index contributed by atoms with van der Waals surface area (Å²) in [6, 6.07) is 35.4. The Balaban J connectivity index is 0.00000135. The Bertz CT molecular complexity index is 4010. The lowest BCUT2D eigenvalue weighted by molar-refractivity contribution is -0.118. The van der Waals surface area contributed by atoms with E-state index in [-0.39, 0.29) is 53.6 Å². The summed E-state index contributed by atoms with van der Waals surface area (Å²) >= 11 is 12.3. The maximum atomic E-state index is 15.8. The van der Waals surface area contributed by atoms with Crippen LogP contribution in [0.25, 0.3) is 11.2 Å². The van der Waals surface area contributed by atoms with Gasteiger partial charge in [-0.3, -0.25) is 57.3 Å². The number of nitrogens with one attached hydrogen (secondary N) is 3. The molecule has 8 aromatic rings. The van der Waals surface area contributed by atoms with E-state index in [1.807, 2.05) is 54.6 Å². The minimum Gasteiger partial charge on any atom is -0.497 e. The van der Waals surface area contributed by atoms with Crippen molar-refractivity contribution in [2.24, 2.45) is 5.92 Å². The molecular formula is C63H72Cl2N8O17P2. The monoisotopic (exact) mass is 1340 g/mol. The molecule has 0 radical (unpaired) electrons. The number of hydrogen-bond acceptors (Lipinski definition) is 19. The van der Waals surface area contributed by atoms with E-state index in [1.54, 1.807) is 52.3 Å². The highest BCUT2D eigenvalue weighted by atomic mass is 35.5. The summed E-state index contributed by atoms with van der Waals surface area (Å²) in [6.45, 7) is 13.8. The molecule has 1 amide bonds. The first kappa shape index (κ1) is 68.9. The van der Waals surface area contributed by atoms with Gasteiger partial charge in [-0.15, -0.1) is 0 Å². The number of aromatic amines is 2. The number of nitrogens with zero attached hydrogens (tertiary/aromatic N) is 5. The molecule has 92 heavy (non-hydrogen) atoms. The molecular weight excluding hydrogens is 1270 g/mol. The number of aromatic nitrogens is 6. The number of carbonyl (C=O) groups excluding carboxylic acids is 1. The van der Waals surface area contributed by atoms with Crippen LogP contribution in [0.5, 0.6) is 23.0 Å². The van der Waals surface area contributed by atoms with E-state index in [1.165, 1.54) is 92.2 Å². The number of halogens is 2. The third-order valence-electron chi connectivity index (χ3n) is 15.3. The lowest BCUT2D eigenvalue weighted by Crippen LogP contribution is -2.38. The average molecular weight is 1350 g/mol. The molecule has 4 N–H and O–H groups in total. The molecule has 2 aliphatic rings. The van der Waals surface area contributed by atoms with E-state index in [4.69, 9.17) is 69.5 Å². The van der Waals surface area contributed by atoms with Crippen LogP contribution in [0.15, 0.2) is 154 Å². The Morgan fingerprint density at radius 2 is 1.22 bits per heavy atom. The Labute approximate surface area is 540 Å². The van der Waals surface area contributed by atoms with Crippen LogP contribution >= 0.6 is 38.8 Å². The molecule has 10 rings (SSSR count). The average Bonchev–Trinajstić information content (AvgIpc) is 1.00. The maximum Gasteiger partial charge on any atom is 0.530 e. The summed E-state index contributed by atoms with van der Waals surface area (Å²) in [5, 5.41) is 3.26. The van der Waals surface area contributed by atoms with Crippen molar-refractivity contribution in [3.63, 3.8) is 0 Å². The molecule has 5 aromatic carbocycles. The van der Waals surface area contributed by atoms with Crippen LogP contribution in [-0.4, -0.2) is 116 Å². The van der Waals surface area contributed by atoms with Crippen molar-refractivity contribution in [2.75, 3.05) is 52.4 Å². The van der Waals surface area contributed by atoms with Crippen molar-refractivity contribution >= 4 is 61.9 Å². The number of benzene rings is 5. The van der Waals surface area contributed by atoms with Crippen LogP contribution < -0.4 is 40.6 Å². The van der Waals surface area contributed by atoms with Crippen molar-refractivity contribution in [3.05, 3.63) is 203 Å². The van der Waals surface area contributed by atoms with Gasteiger partial charge in [-0.05, 0) is 116 Å². The van der Waals surface area contributed by atoms with Gasteiger partial charge in [0.2, 0.25) is 11.9 Å². The summed E-state index contributed by atoms with van der Waals surface area (Å²) in [5.74, 6) is -0.00281. The zero-order chi connectivity index (χ0) is 65.9. The van der Waals surface area contributed by atoms with Gasteiger partial charge in [0.15, 0.2) is 11.2 Å². The predicted molar refractivity (Wildman–Crippen MR) is 344 cm³/mol. The Morgan fingerprint density at radius 1 is 0.707 bits per heavy atom. The number of rotatable bonds is 26. The number of hydrogen-bond donors (Lipinski definition) is 4. The summed E-state index contributed by atoms with van der Waals surface area (Å²) in [5.41, 5.74) is -1.54. The van der Waals surface area contributed by atoms with Crippen LogP contribution in [0.2, 0.25) is 10.0 Å². The third kappa shape index (κ3) is 16.6. The van der Waals surface area contributed by atoms with Crippen molar-refractivity contribution in [1.82, 2.24) is 34.0 Å². The molecule has 2 saturated heterocycles. The van der Waals surface area contributed by atoms with E-state index in [2.05, 4.69) is 50.9 Å². The van der Waals surface area contributed by atoms with Crippen molar-refractivity contribution < 1.29 is 65.1 Å². The largest absolute Gasteiger partial charge is 0.530 e. The molecule has 25 nitrogen and oxygen atoms in total. The number of phosphoric acid groups is 2. The van der Waals surface area contributed by atoms with Gasteiger partial charge >= 0.3 is 21.3 Å². The molecule has 2 fully saturated rings. The van der Waals surface area contributed by atoms with Crippen LogP contribution in [0.4, 0.5) is 5.95 Å². The fourth-order valence-corrected chi connectivity index (χ4v) is 13.0. The number of anilines is 1. The highest BCUT2D eigenvalue weighted by molar-refractivity contribution is 7.49. The van der Waals surface area contributed by atoms with E-state index in [0.29, 0.717) is 38.2 Å². The molecule has 0 saturated carbocycles. The first-order chi connectivity index (χ1) is 44.1. The Morgan fingerprint density at radius 3 is 1.75 bits per heavy atom. The van der Waals surface area contributed by atoms with Gasteiger partial charge in [0.1, 0.15) is 65.5 Å². The fraction of sp³-hybridized carbons (Fsp3) is 0.365. The van der Waals surface area contributed by atoms with Crippen LogP contribution in [0.1, 0.15) is 82.2 Å². The van der Waals surface area contributed by atoms with E-state index >= 15 is 4.57 Å². The smallest absolute Gasteiger partial charge is 0.497 e. The van der Waals surface area contributed by atoms with Gasteiger partial charge in [-0.25, -0.2) is 18.9 Å². The van der Waals surface area contributed by atoms with Crippen LogP contribution in [0, 0.1) is 12.8 Å². The number of H-pyrrole nitrogens is 2. The molecule has 8 atom stereocenters. The maximum absolute atomic E-state index is 15.8. The van der Waals surface area contributed by atoms with Gasteiger partial charge in [-0.1, -0.05) is 112 Å². The van der Waals surface area contributed by atoms with Gasteiger partial charge < -0.3 is 37.6 Å². The van der Waals surface area contributed by atoms with E-state index in [9.17, 15) is 28.6 Å². The quantitative estimate of drug-likeness (QED) is 0.0289. The number of carbonyl (C=O) groups is 1. The molecule has 2 aliphatic heterocycles. The SMILES string of the molecule is CCN(CC)CC.COc1ccc(C(OC[C@H]2O[C@@H](n3cnc4c(=O)[nH]c(NC(=O)C(C)C)nc43)C[C@@H]2OP(=O)(OC[C@H]2O[C@@H](n3cc(C)c(=O)[nH]c3=O)C[C@@H]2OP(=O)(O)Oc2ccc(Cl)cc2)Oc2ccc(Cl)cc2)(c2ccccc2)c2ccc(OC)cc2)cc1. The Kier molecular flexibility index (Phi) is 22.8. The minimum atomic E-state index is -5.07. The molecule has 490 valence electrons. The number of ether oxygens (including phenoxy) is 5. The molecule has 0 bridgehead atoms. The predicted octanol–water partition coefficient (Wildman–Crippen LogP) is 11.0. The van der Waals surface area contributed by atoms with Crippen molar-refractivity contribution in [1.29, 1.82) is 0 Å². The summed E-state index contributed by atoms with van der Waals surface area (Å²) in [4.78, 5) is 79.3. The molecule has 29 heteroatoms. The summed E-state index contributed by atoms with van der Waals surface area (Å²) in [7, 11) is -7.01. The van der Waals surface area contributed by atoms with Crippen molar-refractivity contribution in [2.45, 2.75) is 96.9 Å². The second-order valence-corrected chi connectivity index (χ2v) is 25.4. The number of phosphoric ester groups is 2. The summed E-state index contributed by atoms with van der Waals surface area (Å²) < 4.78 is 93.9. The first-order valence-electron chi connectivity index (χ1n) is 29.5. The molecule has 2 unspecified atom stereocenters. The van der Waals surface area contributed by atoms with E-state index in [0.717, 1.165) is 4.57 Å². The summed E-state index contributed by atoms with van der Waals surface area (Å²) in [6.07, 6.45) is -5.70. The lowest BCUT2D eigenvalue weighted by atomic mass is 9.80. The topological polar surface area (TPSA) is 297 Å². The first-order valence-corrected chi connectivity index (χ1v) is 33.2. The highest BCUT2D eigenvalue weighted by Gasteiger charge is 2.49. The minimum absolute atomic E-state index is 0.0112. The van der Waals surface area contributed by atoms with Crippen molar-refractivity contribution in [3.8, 4) is 23.0 Å². The highest BCUT2D eigenvalue weighted by Crippen LogP contribution is 2.55. The molecule has 0 aliphatic carbocycles. The number of aryl methyl sites for hydroxylation is 1. The second-order valence-electron chi connectivity index (χ2n) is 21.6. The van der Waals surface area contributed by atoms with Gasteiger partial charge in [-0.2, -0.15) is 4.98 Å². The van der Waals surface area contributed by atoms with Crippen LogP contribution in [-0.2, 0) is 47.3 Å². The number of fused-ring (bicyclic) bond motifs is 1. The zero-order valence-corrected chi connectivity index (χ0v) is 54.9. The van der Waals surface area contributed by atoms with Gasteiger partial charge in [0.05, 0.1) is 33.8 Å². The molecule has 5 heterocycles. The second kappa shape index (κ2) is 30.5. The Hall–Kier alpha value is -7.48. The lowest BCUT2D eigenvalue weighted by Gasteiger charge is -2.37. The third-order valence-corrected chi connectivity index (χ3v) is 18.2. The van der Waals surface area contributed by atoms with E-state index < -0.39 is 93.4 Å². The molecule has 0 spiro atoms. The van der Waals surface area contributed by atoms with Gasteiger partial charge in [0, 0.05) is 40.6 Å². The van der Waals surface area contributed by atoms with Gasteiger partial charge in [0.25, 0.3) is 11.1 Å². The van der Waals surface area contributed by atoms with Crippen LogP contribution in [0.3, 0.4) is 0 Å². The number of methoxy groups -OCH3 is 2. The standard InChI is InChI=1S/C57H57Cl2N7O17P2.C6H15N/c1-33(2)52(67)62-55-61-51-50(54(69)63-55)60-32-66(51)49-28-45(46(78-49)30-76-57(35-9-7-6-8-10-35,36-11-19-40(74-4)20-12-36)37-13-21-41(75-5)22-14-37)83-85(73,81-43-25-17-39(59)18-26-43)77-31-47-44(82-84(71,72)80-42-23-15-38(58)16-24-42)27-48(79-47)65-29-34(3)53(68)64-56(65)70;1-4-7(5-2)6-3/h6-26,29,32-33,44-49H,27-28,30-31H2,1-5H3,(H,71,72)(H,64,68,70)(H2,61,62,63,67,69);4-6H2,1-3H3/t44-,45-,46+,47+,48+,49+,85?;/m0./s1.